The number of anilines is 2. The van der Waals surface area contributed by atoms with Crippen LogP contribution in [0.25, 0.3) is 0 Å². The molecule has 276 valence electrons. The third-order valence-corrected chi connectivity index (χ3v) is 9.50. The quantitative estimate of drug-likeness (QED) is 0.0880. The van der Waals surface area contributed by atoms with E-state index < -0.39 is 64.2 Å². The second kappa shape index (κ2) is 20.3. The maximum Gasteiger partial charge on any atom is 0.330 e. The molecule has 0 saturated carbocycles. The second-order valence-electron chi connectivity index (χ2n) is 13.5. The van der Waals surface area contributed by atoms with E-state index in [1.807, 2.05) is 0 Å². The van der Waals surface area contributed by atoms with Gasteiger partial charge in [-0.15, -0.1) is 0 Å². The number of nitrogens with zero attached hydrogens (tertiary/aromatic N) is 2. The van der Waals surface area contributed by atoms with Crippen LogP contribution < -0.4 is 15.4 Å². The van der Waals surface area contributed by atoms with E-state index in [0.717, 1.165) is 24.2 Å². The number of ketones is 1. The number of amides is 5. The molecule has 0 spiro atoms. The van der Waals surface area contributed by atoms with Gasteiger partial charge in [-0.3, -0.25) is 28.3 Å². The van der Waals surface area contributed by atoms with E-state index in [0.29, 0.717) is 11.5 Å². The van der Waals surface area contributed by atoms with Crippen molar-refractivity contribution >= 4 is 52.0 Å². The lowest BCUT2D eigenvalue weighted by atomic mass is 9.85. The highest BCUT2D eigenvalue weighted by atomic mass is 32.2. The van der Waals surface area contributed by atoms with Crippen LogP contribution in [0.2, 0.25) is 0 Å². The summed E-state index contributed by atoms with van der Waals surface area (Å²) in [5.41, 5.74) is -0.723. The van der Waals surface area contributed by atoms with Gasteiger partial charge in [0.1, 0.15) is 5.75 Å². The van der Waals surface area contributed by atoms with Crippen LogP contribution in [0.4, 0.5) is 16.2 Å². The van der Waals surface area contributed by atoms with Crippen molar-refractivity contribution < 1.29 is 41.8 Å². The molecule has 49 heavy (non-hydrogen) atoms. The van der Waals surface area contributed by atoms with Crippen molar-refractivity contribution in [2.45, 2.75) is 111 Å². The summed E-state index contributed by atoms with van der Waals surface area (Å²) in [4.78, 5) is 67.9. The van der Waals surface area contributed by atoms with E-state index in [-0.39, 0.29) is 22.9 Å². The van der Waals surface area contributed by atoms with Gasteiger partial charge in [0.05, 0.1) is 25.2 Å². The van der Waals surface area contributed by atoms with E-state index in [1.165, 1.54) is 78.3 Å². The molecular weight excluding hydrogens is 652 g/mol. The van der Waals surface area contributed by atoms with Gasteiger partial charge in [0, 0.05) is 31.2 Å². The number of carbonyl (C=O) groups excluding carboxylic acids is 5. The summed E-state index contributed by atoms with van der Waals surface area (Å²) >= 11 is -1.63. The van der Waals surface area contributed by atoms with Gasteiger partial charge in [0.2, 0.25) is 12.1 Å². The van der Waals surface area contributed by atoms with Crippen molar-refractivity contribution in [2.75, 3.05) is 44.3 Å². The standard InChI is InChI=1S/C35H56N4O9S/c1-9-10-11-12-13-14-15-16-17-18-21-48-49(45)23-24(2)30(41)36-25-19-20-27(46-7)26(22-25)37-31(42)28(29(40)35(3,4)5)39-32(43)33(47-8)38(6)34(39)44/h19-20,22,24,28,33H,9-18,21,23H2,1-8H3,(H,36,41)(H,37,42). The highest BCUT2D eigenvalue weighted by Crippen LogP contribution is 2.31. The topological polar surface area (TPSA) is 161 Å². The van der Waals surface area contributed by atoms with Gasteiger partial charge in [0.15, 0.2) is 22.9 Å². The lowest BCUT2D eigenvalue weighted by Crippen LogP contribution is -2.55. The number of hydrogen-bond acceptors (Lipinski definition) is 9. The molecule has 1 aromatic carbocycles. The van der Waals surface area contributed by atoms with Crippen molar-refractivity contribution in [3.8, 4) is 5.75 Å². The number of unbranched alkanes of at least 4 members (excludes halogenated alkanes) is 9. The minimum absolute atomic E-state index is 0.00867. The zero-order valence-corrected chi connectivity index (χ0v) is 31.2. The molecule has 2 N–H and O–H groups in total. The molecule has 1 saturated heterocycles. The van der Waals surface area contributed by atoms with Crippen LogP contribution in [0, 0.1) is 11.3 Å². The van der Waals surface area contributed by atoms with Gasteiger partial charge < -0.3 is 20.1 Å². The largest absolute Gasteiger partial charge is 0.495 e. The average molecular weight is 709 g/mol. The molecule has 0 aliphatic carbocycles. The number of Topliss-reactive ketones (excluding diaryl/α,β-unsaturated/α-hetero) is 1. The number of likely N-dealkylation sites (N-methyl/N-ethyl adjacent to an activating group) is 1. The fraction of sp³-hybridized carbons (Fsp3) is 0.686. The molecule has 13 nitrogen and oxygen atoms in total. The maximum absolute atomic E-state index is 13.7. The normalized spacial score (nSPS) is 16.8. The summed E-state index contributed by atoms with van der Waals surface area (Å²) in [5.74, 6) is -3.32. The number of imide groups is 1. The van der Waals surface area contributed by atoms with E-state index in [9.17, 15) is 28.2 Å². The number of urea groups is 1. The lowest BCUT2D eigenvalue weighted by molar-refractivity contribution is -0.148. The molecule has 1 aliphatic rings. The summed E-state index contributed by atoms with van der Waals surface area (Å²) in [6.07, 6.45) is 10.6. The van der Waals surface area contributed by atoms with Crippen LogP contribution >= 0.6 is 0 Å². The fourth-order valence-corrected chi connectivity index (χ4v) is 6.29. The predicted octanol–water partition coefficient (Wildman–Crippen LogP) is 5.66. The van der Waals surface area contributed by atoms with Crippen LogP contribution in [0.5, 0.6) is 5.75 Å². The summed E-state index contributed by atoms with van der Waals surface area (Å²) < 4.78 is 28.4. The Morgan fingerprint density at radius 2 is 1.51 bits per heavy atom. The summed E-state index contributed by atoms with van der Waals surface area (Å²) in [5, 5.41) is 5.34. The minimum atomic E-state index is -1.80. The highest BCUT2D eigenvalue weighted by Gasteiger charge is 2.52. The van der Waals surface area contributed by atoms with Gasteiger partial charge in [-0.2, -0.15) is 0 Å². The van der Waals surface area contributed by atoms with Crippen molar-refractivity contribution in [1.29, 1.82) is 0 Å². The zero-order valence-electron chi connectivity index (χ0n) is 30.4. The Balaban J connectivity index is 2.00. The van der Waals surface area contributed by atoms with Crippen molar-refractivity contribution in [2.24, 2.45) is 11.3 Å². The first-order chi connectivity index (χ1) is 23.2. The number of ether oxygens (including phenoxy) is 2. The van der Waals surface area contributed by atoms with Crippen LogP contribution in [0.1, 0.15) is 98.8 Å². The van der Waals surface area contributed by atoms with Crippen LogP contribution in [-0.2, 0) is 39.2 Å². The number of benzene rings is 1. The third kappa shape index (κ3) is 12.5. The van der Waals surface area contributed by atoms with Crippen molar-refractivity contribution in [1.82, 2.24) is 9.80 Å². The van der Waals surface area contributed by atoms with Gasteiger partial charge in [-0.25, -0.2) is 13.9 Å². The second-order valence-corrected chi connectivity index (χ2v) is 14.7. The Morgan fingerprint density at radius 3 is 2.04 bits per heavy atom. The maximum atomic E-state index is 13.7. The Kier molecular flexibility index (Phi) is 17.4. The Morgan fingerprint density at radius 1 is 0.918 bits per heavy atom. The number of hydrogen-bond donors (Lipinski definition) is 2. The Bertz CT molecular complexity index is 1320. The molecule has 4 atom stereocenters. The zero-order chi connectivity index (χ0) is 36.7. The Hall–Kier alpha value is -3.36. The fourth-order valence-electron chi connectivity index (χ4n) is 5.33. The molecule has 1 aromatic rings. The molecule has 5 amide bonds. The van der Waals surface area contributed by atoms with Crippen LogP contribution in [-0.4, -0.2) is 89.4 Å². The predicted molar refractivity (Wildman–Crippen MR) is 189 cm³/mol. The van der Waals surface area contributed by atoms with E-state index in [4.69, 9.17) is 13.7 Å². The van der Waals surface area contributed by atoms with Crippen LogP contribution in [0.15, 0.2) is 18.2 Å². The molecule has 14 heteroatoms. The summed E-state index contributed by atoms with van der Waals surface area (Å²) in [6, 6.07) is 1.82. The molecule has 4 unspecified atom stereocenters. The number of carbonyl (C=O) groups is 5. The van der Waals surface area contributed by atoms with E-state index in [1.54, 1.807) is 33.8 Å². The monoisotopic (exact) mass is 708 g/mol. The van der Waals surface area contributed by atoms with Gasteiger partial charge in [-0.05, 0) is 24.6 Å². The lowest BCUT2D eigenvalue weighted by Gasteiger charge is -2.29. The Labute approximate surface area is 293 Å². The van der Waals surface area contributed by atoms with Crippen molar-refractivity contribution in [3.05, 3.63) is 18.2 Å². The molecule has 0 bridgehead atoms. The van der Waals surface area contributed by atoms with Crippen molar-refractivity contribution in [3.63, 3.8) is 0 Å². The first-order valence-electron chi connectivity index (χ1n) is 17.2. The molecule has 2 rings (SSSR count). The summed E-state index contributed by atoms with van der Waals surface area (Å²) in [6.45, 7) is 8.95. The molecule has 0 radical (unpaired) electrons. The van der Waals surface area contributed by atoms with Gasteiger partial charge in [-0.1, -0.05) is 92.4 Å². The van der Waals surface area contributed by atoms with E-state index in [2.05, 4.69) is 17.6 Å². The van der Waals surface area contributed by atoms with Crippen LogP contribution in [0.3, 0.4) is 0 Å². The number of rotatable bonds is 22. The molecule has 1 heterocycles. The average Bonchev–Trinajstić information content (AvgIpc) is 3.25. The minimum Gasteiger partial charge on any atom is -0.495 e. The smallest absolute Gasteiger partial charge is 0.330 e. The van der Waals surface area contributed by atoms with Gasteiger partial charge >= 0.3 is 6.03 Å². The number of nitrogens with one attached hydrogen (secondary N) is 2. The molecule has 1 fully saturated rings. The number of methoxy groups -OCH3 is 2. The summed E-state index contributed by atoms with van der Waals surface area (Å²) in [7, 11) is 3.95. The van der Waals surface area contributed by atoms with Gasteiger partial charge in [0.25, 0.3) is 11.8 Å². The SMILES string of the molecule is CCCCCCCCCCCCOS(=O)CC(C)C(=O)Nc1ccc(OC)c(NC(=O)C(C(=O)C(C)(C)C)N2C(=O)C(OC)N(C)C2=O)c1. The highest BCUT2D eigenvalue weighted by molar-refractivity contribution is 7.80. The first-order valence-corrected chi connectivity index (χ1v) is 18.4. The molecule has 1 aliphatic heterocycles. The third-order valence-electron chi connectivity index (χ3n) is 8.30. The first kappa shape index (κ1) is 41.8. The molecule has 0 aromatic heterocycles. The van der Waals surface area contributed by atoms with E-state index >= 15 is 0 Å². The molecular formula is C35H56N4O9S.